The van der Waals surface area contributed by atoms with E-state index in [1.165, 1.54) is 13.2 Å². The Bertz CT molecular complexity index is 780. The summed E-state index contributed by atoms with van der Waals surface area (Å²) in [7, 11) is 3.05. The van der Waals surface area contributed by atoms with Crippen molar-refractivity contribution in [2.75, 3.05) is 27.4 Å². The van der Waals surface area contributed by atoms with Crippen molar-refractivity contribution in [1.29, 1.82) is 0 Å². The van der Waals surface area contributed by atoms with Crippen LogP contribution in [0.25, 0.3) is 0 Å². The first-order valence-corrected chi connectivity index (χ1v) is 8.59. The Balaban J connectivity index is 1.99. The van der Waals surface area contributed by atoms with Crippen LogP contribution in [0.15, 0.2) is 42.5 Å². The topological polar surface area (TPSA) is 71.1 Å². The summed E-state index contributed by atoms with van der Waals surface area (Å²) in [6.07, 6.45) is 0. The number of methoxy groups -OCH3 is 2. The third-order valence-corrected chi connectivity index (χ3v) is 3.72. The van der Waals surface area contributed by atoms with Crippen molar-refractivity contribution in [1.82, 2.24) is 0 Å². The number of ether oxygens (including phenoxy) is 4. The van der Waals surface area contributed by atoms with Gasteiger partial charge >= 0.3 is 5.97 Å². The highest BCUT2D eigenvalue weighted by Crippen LogP contribution is 2.28. The highest BCUT2D eigenvalue weighted by Gasteiger charge is 2.15. The number of hydrogen-bond donors (Lipinski definition) is 0. The lowest BCUT2D eigenvalue weighted by Gasteiger charge is -2.13. The number of hydrogen-bond acceptors (Lipinski definition) is 6. The molecular formula is C21H24O6. The van der Waals surface area contributed by atoms with Crippen LogP contribution in [0.4, 0.5) is 0 Å². The molecule has 0 aliphatic heterocycles. The Morgan fingerprint density at radius 2 is 1.56 bits per heavy atom. The second kappa shape index (κ2) is 9.62. The molecule has 0 bridgehead atoms. The van der Waals surface area contributed by atoms with Crippen molar-refractivity contribution in [3.05, 3.63) is 53.6 Å². The molecule has 0 aliphatic rings. The average Bonchev–Trinajstić information content (AvgIpc) is 2.69. The van der Waals surface area contributed by atoms with Crippen LogP contribution in [-0.4, -0.2) is 39.2 Å². The summed E-state index contributed by atoms with van der Waals surface area (Å²) in [5.74, 6) is 1.10. The Hall–Kier alpha value is -3.02. The van der Waals surface area contributed by atoms with Crippen LogP contribution in [0, 0.1) is 5.92 Å². The molecule has 0 saturated carbocycles. The van der Waals surface area contributed by atoms with Gasteiger partial charge in [-0.3, -0.25) is 4.79 Å². The predicted octanol–water partition coefficient (Wildman–Crippen LogP) is 3.78. The van der Waals surface area contributed by atoms with Gasteiger partial charge in [0.1, 0.15) is 5.75 Å². The number of carbonyl (C=O) groups is 2. The molecule has 0 N–H and O–H groups in total. The molecule has 0 amide bonds. The number of esters is 1. The molecule has 0 radical (unpaired) electrons. The van der Waals surface area contributed by atoms with Crippen LogP contribution in [0.3, 0.4) is 0 Å². The van der Waals surface area contributed by atoms with Gasteiger partial charge in [-0.15, -0.1) is 0 Å². The molecule has 2 rings (SSSR count). The summed E-state index contributed by atoms with van der Waals surface area (Å²) < 4.78 is 21.1. The number of benzene rings is 2. The van der Waals surface area contributed by atoms with Gasteiger partial charge in [0.05, 0.1) is 26.4 Å². The fourth-order valence-corrected chi connectivity index (χ4v) is 2.24. The first-order valence-electron chi connectivity index (χ1n) is 8.59. The van der Waals surface area contributed by atoms with E-state index in [1.807, 2.05) is 13.8 Å². The Morgan fingerprint density at radius 1 is 0.889 bits per heavy atom. The zero-order valence-electron chi connectivity index (χ0n) is 16.0. The third kappa shape index (κ3) is 5.74. The van der Waals surface area contributed by atoms with Crippen molar-refractivity contribution in [3.8, 4) is 17.2 Å². The lowest BCUT2D eigenvalue weighted by atomic mass is 10.1. The van der Waals surface area contributed by atoms with Crippen LogP contribution in [0.1, 0.15) is 34.6 Å². The summed E-state index contributed by atoms with van der Waals surface area (Å²) in [6, 6.07) is 11.4. The van der Waals surface area contributed by atoms with Crippen LogP contribution in [-0.2, 0) is 4.74 Å². The molecule has 2 aromatic rings. The van der Waals surface area contributed by atoms with E-state index in [2.05, 4.69) is 0 Å². The monoisotopic (exact) mass is 372 g/mol. The van der Waals surface area contributed by atoms with E-state index >= 15 is 0 Å². The molecule has 0 saturated heterocycles. The predicted molar refractivity (Wildman–Crippen MR) is 101 cm³/mol. The number of carbonyl (C=O) groups excluding carboxylic acids is 2. The standard InChI is InChI=1S/C21H24O6/c1-14(2)12-26-19-10-7-16(11-20(19)25-4)21(23)27-13-18(22)15-5-8-17(24-3)9-6-15/h5-11,14H,12-13H2,1-4H3. The summed E-state index contributed by atoms with van der Waals surface area (Å²) in [6.45, 7) is 4.27. The summed E-state index contributed by atoms with van der Waals surface area (Å²) in [5.41, 5.74) is 0.727. The van der Waals surface area contributed by atoms with Crippen LogP contribution < -0.4 is 14.2 Å². The number of ketones is 1. The maximum absolute atomic E-state index is 12.2. The minimum absolute atomic E-state index is 0.284. The molecule has 6 heteroatoms. The van der Waals surface area contributed by atoms with Gasteiger partial charge in [0.25, 0.3) is 0 Å². The molecule has 0 fully saturated rings. The van der Waals surface area contributed by atoms with Crippen LogP contribution >= 0.6 is 0 Å². The average molecular weight is 372 g/mol. The lowest BCUT2D eigenvalue weighted by molar-refractivity contribution is 0.0474. The van der Waals surface area contributed by atoms with Crippen LogP contribution in [0.2, 0.25) is 0 Å². The van der Waals surface area contributed by atoms with E-state index in [1.54, 1.807) is 43.5 Å². The van der Waals surface area contributed by atoms with Crippen molar-refractivity contribution in [3.63, 3.8) is 0 Å². The summed E-state index contributed by atoms with van der Waals surface area (Å²) >= 11 is 0. The second-order valence-corrected chi connectivity index (χ2v) is 6.30. The van der Waals surface area contributed by atoms with Crippen molar-refractivity contribution in [2.24, 2.45) is 5.92 Å². The van der Waals surface area contributed by atoms with Gasteiger partial charge in [0, 0.05) is 5.56 Å². The van der Waals surface area contributed by atoms with Gasteiger partial charge in [-0.1, -0.05) is 13.8 Å². The van der Waals surface area contributed by atoms with E-state index < -0.39 is 5.97 Å². The molecule has 0 spiro atoms. The summed E-state index contributed by atoms with van der Waals surface area (Å²) in [5, 5.41) is 0. The fraction of sp³-hybridized carbons (Fsp3) is 0.333. The van der Waals surface area contributed by atoms with Gasteiger partial charge in [0.2, 0.25) is 0 Å². The molecule has 6 nitrogen and oxygen atoms in total. The third-order valence-electron chi connectivity index (χ3n) is 3.72. The van der Waals surface area contributed by atoms with Crippen molar-refractivity contribution < 1.29 is 28.5 Å². The van der Waals surface area contributed by atoms with Crippen molar-refractivity contribution >= 4 is 11.8 Å². The molecule has 144 valence electrons. The minimum Gasteiger partial charge on any atom is -0.497 e. The van der Waals surface area contributed by atoms with Gasteiger partial charge < -0.3 is 18.9 Å². The molecule has 27 heavy (non-hydrogen) atoms. The van der Waals surface area contributed by atoms with E-state index in [0.29, 0.717) is 35.3 Å². The maximum Gasteiger partial charge on any atom is 0.338 e. The van der Waals surface area contributed by atoms with E-state index in [9.17, 15) is 9.59 Å². The van der Waals surface area contributed by atoms with E-state index in [0.717, 1.165) is 0 Å². The van der Waals surface area contributed by atoms with Gasteiger partial charge in [-0.2, -0.15) is 0 Å². The molecule has 2 aromatic carbocycles. The maximum atomic E-state index is 12.2. The first kappa shape index (κ1) is 20.3. The zero-order valence-corrected chi connectivity index (χ0v) is 16.0. The largest absolute Gasteiger partial charge is 0.497 e. The normalized spacial score (nSPS) is 10.4. The Labute approximate surface area is 159 Å². The molecule has 0 heterocycles. The van der Waals surface area contributed by atoms with Gasteiger partial charge in [0.15, 0.2) is 23.9 Å². The van der Waals surface area contributed by atoms with Crippen LogP contribution in [0.5, 0.6) is 17.2 Å². The Kier molecular flexibility index (Phi) is 7.23. The Morgan fingerprint density at radius 3 is 2.15 bits per heavy atom. The quantitative estimate of drug-likeness (QED) is 0.493. The highest BCUT2D eigenvalue weighted by atomic mass is 16.5. The lowest BCUT2D eigenvalue weighted by Crippen LogP contribution is -2.14. The van der Waals surface area contributed by atoms with Gasteiger partial charge in [-0.25, -0.2) is 4.79 Å². The first-order chi connectivity index (χ1) is 12.9. The smallest absolute Gasteiger partial charge is 0.338 e. The summed E-state index contributed by atoms with van der Waals surface area (Å²) in [4.78, 5) is 24.4. The van der Waals surface area contributed by atoms with Gasteiger partial charge in [-0.05, 0) is 48.4 Å². The molecular weight excluding hydrogens is 348 g/mol. The number of Topliss-reactive ketones (excluding diaryl/α,β-unsaturated/α-hetero) is 1. The van der Waals surface area contributed by atoms with Crippen molar-refractivity contribution in [2.45, 2.75) is 13.8 Å². The molecule has 0 unspecified atom stereocenters. The molecule has 0 aromatic heterocycles. The number of rotatable bonds is 9. The SMILES string of the molecule is COc1ccc(C(=O)COC(=O)c2ccc(OCC(C)C)c(OC)c2)cc1. The fourth-order valence-electron chi connectivity index (χ4n) is 2.24. The minimum atomic E-state index is -0.606. The zero-order chi connectivity index (χ0) is 19.8. The molecule has 0 aliphatic carbocycles. The second-order valence-electron chi connectivity index (χ2n) is 6.30. The highest BCUT2D eigenvalue weighted by molar-refractivity contribution is 5.99. The van der Waals surface area contributed by atoms with E-state index in [-0.39, 0.29) is 18.0 Å². The molecule has 0 atom stereocenters. The van der Waals surface area contributed by atoms with E-state index in [4.69, 9.17) is 18.9 Å².